The summed E-state index contributed by atoms with van der Waals surface area (Å²) < 4.78 is 4.83. The van der Waals surface area contributed by atoms with Gasteiger partial charge in [-0.2, -0.15) is 5.10 Å². The summed E-state index contributed by atoms with van der Waals surface area (Å²) in [6, 6.07) is 1.76. The van der Waals surface area contributed by atoms with Crippen molar-refractivity contribution < 1.29 is 4.52 Å². The fourth-order valence-corrected chi connectivity index (χ4v) is 0.768. The van der Waals surface area contributed by atoms with Crippen LogP contribution < -0.4 is 0 Å². The van der Waals surface area contributed by atoms with Crippen molar-refractivity contribution in [3.8, 4) is 0 Å². The summed E-state index contributed by atoms with van der Waals surface area (Å²) >= 11 is 0. The summed E-state index contributed by atoms with van der Waals surface area (Å²) in [5.74, 6) is 1.37. The van der Waals surface area contributed by atoms with E-state index in [-0.39, 0.29) is 0 Å². The number of rotatable bonds is 2. The van der Waals surface area contributed by atoms with Crippen LogP contribution in [0.15, 0.2) is 23.1 Å². The van der Waals surface area contributed by atoms with Crippen LogP contribution in [0.5, 0.6) is 0 Å². The van der Waals surface area contributed by atoms with Gasteiger partial charge in [0.1, 0.15) is 12.2 Å². The van der Waals surface area contributed by atoms with Gasteiger partial charge in [-0.1, -0.05) is 5.16 Å². The maximum absolute atomic E-state index is 4.83. The Labute approximate surface area is 68.1 Å². The Hall–Kier alpha value is -1.91. The van der Waals surface area contributed by atoms with Gasteiger partial charge in [0.15, 0.2) is 5.76 Å². The molecule has 0 amide bonds. The van der Waals surface area contributed by atoms with Crippen LogP contribution in [-0.2, 0) is 0 Å². The van der Waals surface area contributed by atoms with E-state index in [0.29, 0.717) is 11.6 Å². The predicted octanol–water partition coefficient (Wildman–Crippen LogP) is 0.963. The first-order chi connectivity index (χ1) is 5.95. The van der Waals surface area contributed by atoms with Gasteiger partial charge in [0.05, 0.1) is 6.20 Å². The molecule has 12 heavy (non-hydrogen) atoms. The first-order valence-corrected chi connectivity index (χ1v) is 3.39. The van der Waals surface area contributed by atoms with Crippen LogP contribution in [0.1, 0.15) is 11.6 Å². The molecule has 0 spiro atoms. The zero-order valence-corrected chi connectivity index (χ0v) is 6.14. The number of nitrogens with zero attached hydrogens (tertiary/aromatic N) is 3. The summed E-state index contributed by atoms with van der Waals surface area (Å²) in [4.78, 5) is 3.90. The van der Waals surface area contributed by atoms with Crippen LogP contribution >= 0.6 is 0 Å². The molecule has 5 heteroatoms. The Morgan fingerprint density at radius 1 is 1.42 bits per heavy atom. The van der Waals surface area contributed by atoms with Crippen LogP contribution in [0.2, 0.25) is 0 Å². The largest absolute Gasteiger partial charge is 0.357 e. The van der Waals surface area contributed by atoms with Crippen molar-refractivity contribution in [3.05, 3.63) is 30.2 Å². The van der Waals surface area contributed by atoms with Crippen molar-refractivity contribution in [1.29, 1.82) is 0 Å². The average Bonchev–Trinajstić information content (AvgIpc) is 2.74. The zero-order valence-electron chi connectivity index (χ0n) is 6.14. The first kappa shape index (κ1) is 6.78. The summed E-state index contributed by atoms with van der Waals surface area (Å²) in [6.07, 6.45) is 6.54. The lowest BCUT2D eigenvalue weighted by atomic mass is 10.4. The number of aromatic amines is 1. The second kappa shape index (κ2) is 3.00. The molecule has 1 N–H and O–H groups in total. The molecule has 0 unspecified atom stereocenters. The number of nitrogens with one attached hydrogen (secondary N) is 1. The zero-order chi connectivity index (χ0) is 8.23. The van der Waals surface area contributed by atoms with E-state index in [0.717, 1.165) is 0 Å². The molecule has 0 aliphatic carbocycles. The molecule has 2 heterocycles. The fourth-order valence-electron chi connectivity index (χ4n) is 0.768. The highest BCUT2D eigenvalue weighted by Crippen LogP contribution is 2.01. The van der Waals surface area contributed by atoms with Gasteiger partial charge >= 0.3 is 0 Å². The molecule has 0 radical (unpaired) electrons. The Bertz CT molecular complexity index is 312. The molecule has 2 aromatic heterocycles. The van der Waals surface area contributed by atoms with Gasteiger partial charge in [-0.3, -0.25) is 5.10 Å². The highest BCUT2D eigenvalue weighted by Gasteiger charge is 1.90. The summed E-state index contributed by atoms with van der Waals surface area (Å²) in [6.45, 7) is 0. The van der Waals surface area contributed by atoms with E-state index in [9.17, 15) is 0 Å². The highest BCUT2D eigenvalue weighted by molar-refractivity contribution is 5.62. The lowest BCUT2D eigenvalue weighted by Gasteiger charge is -1.80. The Kier molecular flexibility index (Phi) is 1.69. The lowest BCUT2D eigenvalue weighted by molar-refractivity contribution is 0.413. The van der Waals surface area contributed by atoms with Crippen LogP contribution in [0.4, 0.5) is 0 Å². The van der Waals surface area contributed by atoms with Crippen LogP contribution in [-0.4, -0.2) is 20.3 Å². The fraction of sp³-hybridized carbons (Fsp3) is 0. The second-order valence-electron chi connectivity index (χ2n) is 2.12. The van der Waals surface area contributed by atoms with Gasteiger partial charge in [-0.25, -0.2) is 4.98 Å². The van der Waals surface area contributed by atoms with Crippen molar-refractivity contribution in [2.24, 2.45) is 0 Å². The van der Waals surface area contributed by atoms with E-state index in [4.69, 9.17) is 4.52 Å². The van der Waals surface area contributed by atoms with E-state index in [1.165, 1.54) is 6.33 Å². The van der Waals surface area contributed by atoms with Crippen molar-refractivity contribution in [3.63, 3.8) is 0 Å². The van der Waals surface area contributed by atoms with Gasteiger partial charge in [-0.05, 0) is 12.2 Å². The smallest absolute Gasteiger partial charge is 0.159 e. The maximum Gasteiger partial charge on any atom is 0.159 e. The molecule has 0 aromatic carbocycles. The monoisotopic (exact) mass is 162 g/mol. The number of hydrogen-bond donors (Lipinski definition) is 1. The molecule has 0 fully saturated rings. The summed E-state index contributed by atoms with van der Waals surface area (Å²) in [5, 5.41) is 9.93. The highest BCUT2D eigenvalue weighted by atomic mass is 16.5. The maximum atomic E-state index is 4.83. The van der Waals surface area contributed by atoms with Crippen molar-refractivity contribution in [2.75, 3.05) is 0 Å². The third kappa shape index (κ3) is 1.39. The minimum absolute atomic E-state index is 0.686. The van der Waals surface area contributed by atoms with Gasteiger partial charge in [-0.15, -0.1) is 0 Å². The normalized spacial score (nSPS) is 11.0. The van der Waals surface area contributed by atoms with Crippen molar-refractivity contribution >= 4 is 12.2 Å². The molecule has 0 saturated heterocycles. The van der Waals surface area contributed by atoms with Crippen molar-refractivity contribution in [2.45, 2.75) is 0 Å². The van der Waals surface area contributed by atoms with Crippen LogP contribution in [0.25, 0.3) is 12.2 Å². The first-order valence-electron chi connectivity index (χ1n) is 3.39. The Morgan fingerprint density at radius 2 is 2.42 bits per heavy atom. The van der Waals surface area contributed by atoms with E-state index < -0.39 is 0 Å². The summed E-state index contributed by atoms with van der Waals surface area (Å²) in [7, 11) is 0. The quantitative estimate of drug-likeness (QED) is 0.714. The van der Waals surface area contributed by atoms with Gasteiger partial charge < -0.3 is 4.52 Å². The number of aromatic nitrogens is 4. The molecule has 0 aliphatic rings. The van der Waals surface area contributed by atoms with Crippen molar-refractivity contribution in [1.82, 2.24) is 20.3 Å². The third-order valence-corrected chi connectivity index (χ3v) is 1.30. The average molecular weight is 162 g/mol. The van der Waals surface area contributed by atoms with Gasteiger partial charge in [0.25, 0.3) is 0 Å². The molecule has 0 bridgehead atoms. The minimum Gasteiger partial charge on any atom is -0.357 e. The molecule has 2 aromatic rings. The standard InChI is InChI=1S/C7H6N4O/c1(6-3-4-10-12-6)2-7-8-5-9-11-7/h1-5H,(H,8,9,11). The molecule has 0 aliphatic heterocycles. The summed E-state index contributed by atoms with van der Waals surface area (Å²) in [5.41, 5.74) is 0. The second-order valence-corrected chi connectivity index (χ2v) is 2.12. The molecule has 0 atom stereocenters. The number of H-pyrrole nitrogens is 1. The molecule has 2 rings (SSSR count). The van der Waals surface area contributed by atoms with Crippen LogP contribution in [0, 0.1) is 0 Å². The lowest BCUT2D eigenvalue weighted by Crippen LogP contribution is -1.73. The molecule has 5 nitrogen and oxygen atoms in total. The van der Waals surface area contributed by atoms with Gasteiger partial charge in [0, 0.05) is 6.07 Å². The Balaban J connectivity index is 2.14. The van der Waals surface area contributed by atoms with E-state index in [1.807, 2.05) is 0 Å². The van der Waals surface area contributed by atoms with E-state index in [2.05, 4.69) is 20.3 Å². The Morgan fingerprint density at radius 3 is 3.08 bits per heavy atom. The van der Waals surface area contributed by atoms with E-state index in [1.54, 1.807) is 24.4 Å². The predicted molar refractivity (Wildman–Crippen MR) is 41.8 cm³/mol. The SMILES string of the molecule is C(=Cc1ccno1)c1ncn[nH]1. The van der Waals surface area contributed by atoms with E-state index >= 15 is 0 Å². The minimum atomic E-state index is 0.686. The number of hydrogen-bond acceptors (Lipinski definition) is 4. The van der Waals surface area contributed by atoms with Gasteiger partial charge in [0.2, 0.25) is 0 Å². The molecule has 60 valence electrons. The molecule has 0 saturated carbocycles. The molecular formula is C7H6N4O. The van der Waals surface area contributed by atoms with Crippen LogP contribution in [0.3, 0.4) is 0 Å². The molecular weight excluding hydrogens is 156 g/mol. The topological polar surface area (TPSA) is 67.6 Å². The third-order valence-electron chi connectivity index (χ3n) is 1.30.